The number of ether oxygens (including phenoxy) is 1. The van der Waals surface area contributed by atoms with Gasteiger partial charge in [-0.05, 0) is 42.8 Å². The number of allylic oxidation sites excluding steroid dienone is 2. The third-order valence-electron chi connectivity index (χ3n) is 3.31. The van der Waals surface area contributed by atoms with Crippen LogP contribution in [-0.4, -0.2) is 24.2 Å². The second kappa shape index (κ2) is 11.3. The minimum atomic E-state index is -0.361. The van der Waals surface area contributed by atoms with E-state index in [9.17, 15) is 9.59 Å². The third kappa shape index (κ3) is 7.72. The number of amides is 1. The fraction of sp³-hybridized carbons (Fsp3) is 0.143. The van der Waals surface area contributed by atoms with Crippen LogP contribution >= 0.6 is 23.4 Å². The summed E-state index contributed by atoms with van der Waals surface area (Å²) in [5, 5.41) is 3.39. The maximum Gasteiger partial charge on any atom is 0.316 e. The van der Waals surface area contributed by atoms with Crippen LogP contribution in [0.3, 0.4) is 0 Å². The van der Waals surface area contributed by atoms with Gasteiger partial charge in [-0.2, -0.15) is 0 Å². The van der Waals surface area contributed by atoms with Gasteiger partial charge < -0.3 is 10.1 Å². The molecule has 0 spiro atoms. The Bertz CT molecular complexity index is 817. The summed E-state index contributed by atoms with van der Waals surface area (Å²) < 4.78 is 4.93. The Balaban J connectivity index is 2.10. The Morgan fingerprint density at radius 1 is 1.11 bits per heavy atom. The molecule has 1 amide bonds. The number of anilines is 1. The molecule has 0 aliphatic carbocycles. The smallest absolute Gasteiger partial charge is 0.316 e. The van der Waals surface area contributed by atoms with Gasteiger partial charge in [-0.3, -0.25) is 9.59 Å². The number of carbonyl (C=O) groups is 2. The molecule has 0 heterocycles. The number of esters is 1. The van der Waals surface area contributed by atoms with Gasteiger partial charge in [-0.1, -0.05) is 54.1 Å². The summed E-state index contributed by atoms with van der Waals surface area (Å²) >= 11 is 7.00. The summed E-state index contributed by atoms with van der Waals surface area (Å²) in [6.07, 6.45) is 5.35. The third-order valence-corrected chi connectivity index (χ3v) is 4.58. The van der Waals surface area contributed by atoms with Crippen LogP contribution < -0.4 is 5.32 Å². The van der Waals surface area contributed by atoms with E-state index in [1.54, 1.807) is 43.3 Å². The molecule has 6 heteroatoms. The Morgan fingerprint density at radius 2 is 1.81 bits per heavy atom. The van der Waals surface area contributed by atoms with Crippen molar-refractivity contribution in [1.82, 2.24) is 0 Å². The summed E-state index contributed by atoms with van der Waals surface area (Å²) in [4.78, 5) is 24.6. The zero-order chi connectivity index (χ0) is 19.5. The standard InChI is InChI=1S/C21H20ClNO3S/c1-2-26-20(24)15-27-19(10-6-9-16-7-4-3-5-8-16)21(25)23-18-13-11-17(22)12-14-18/h3-14H,2,15H2,1H3,(H,23,25)/b9-6+,19-10-. The van der Waals surface area contributed by atoms with Crippen LogP contribution in [0.2, 0.25) is 5.02 Å². The van der Waals surface area contributed by atoms with Crippen LogP contribution in [0.1, 0.15) is 12.5 Å². The molecule has 4 nitrogen and oxygen atoms in total. The maximum absolute atomic E-state index is 12.6. The predicted octanol–water partition coefficient (Wildman–Crippen LogP) is 5.17. The quantitative estimate of drug-likeness (QED) is 0.376. The molecule has 0 fully saturated rings. The number of nitrogens with one attached hydrogen (secondary N) is 1. The van der Waals surface area contributed by atoms with Gasteiger partial charge in [0.15, 0.2) is 0 Å². The topological polar surface area (TPSA) is 55.4 Å². The van der Waals surface area contributed by atoms with Crippen molar-refractivity contribution in [3.63, 3.8) is 0 Å². The van der Waals surface area contributed by atoms with E-state index in [0.29, 0.717) is 22.2 Å². The van der Waals surface area contributed by atoms with E-state index in [0.717, 1.165) is 17.3 Å². The van der Waals surface area contributed by atoms with E-state index in [2.05, 4.69) is 5.32 Å². The average Bonchev–Trinajstić information content (AvgIpc) is 2.67. The Hall–Kier alpha value is -2.50. The normalized spacial score (nSPS) is 11.4. The molecule has 0 aliphatic heterocycles. The minimum Gasteiger partial charge on any atom is -0.465 e. The molecule has 0 bridgehead atoms. The molecule has 0 saturated heterocycles. The van der Waals surface area contributed by atoms with Crippen LogP contribution in [-0.2, 0) is 14.3 Å². The van der Waals surface area contributed by atoms with Gasteiger partial charge >= 0.3 is 5.97 Å². The number of halogens is 1. The first-order valence-corrected chi connectivity index (χ1v) is 9.73. The van der Waals surface area contributed by atoms with Crippen molar-refractivity contribution in [3.05, 3.63) is 82.2 Å². The number of rotatable bonds is 8. The summed E-state index contributed by atoms with van der Waals surface area (Å²) in [7, 11) is 0. The van der Waals surface area contributed by atoms with Crippen LogP contribution in [0.5, 0.6) is 0 Å². The summed E-state index contributed by atoms with van der Waals surface area (Å²) in [5.41, 5.74) is 1.64. The lowest BCUT2D eigenvalue weighted by atomic mass is 10.2. The highest BCUT2D eigenvalue weighted by Crippen LogP contribution is 2.20. The lowest BCUT2D eigenvalue weighted by molar-refractivity contribution is -0.139. The van der Waals surface area contributed by atoms with Crippen molar-refractivity contribution >= 4 is 47.0 Å². The van der Waals surface area contributed by atoms with Crippen molar-refractivity contribution in [2.24, 2.45) is 0 Å². The van der Waals surface area contributed by atoms with Crippen molar-refractivity contribution in [1.29, 1.82) is 0 Å². The first-order chi connectivity index (χ1) is 13.1. The number of hydrogen-bond acceptors (Lipinski definition) is 4. The largest absolute Gasteiger partial charge is 0.465 e. The van der Waals surface area contributed by atoms with E-state index < -0.39 is 0 Å². The fourth-order valence-electron chi connectivity index (χ4n) is 2.07. The SMILES string of the molecule is CCOC(=O)CS/C(=C\C=C\c1ccccc1)C(=O)Nc1ccc(Cl)cc1. The molecule has 0 unspecified atom stereocenters. The molecule has 2 rings (SSSR count). The highest BCUT2D eigenvalue weighted by Gasteiger charge is 2.13. The molecule has 2 aromatic carbocycles. The molecule has 0 aliphatic rings. The molecule has 1 N–H and O–H groups in total. The van der Waals surface area contributed by atoms with Crippen LogP contribution in [0, 0.1) is 0 Å². The first kappa shape index (κ1) is 20.8. The zero-order valence-corrected chi connectivity index (χ0v) is 16.4. The van der Waals surface area contributed by atoms with Gasteiger partial charge in [0.2, 0.25) is 0 Å². The second-order valence-corrected chi connectivity index (χ2v) is 6.81. The van der Waals surface area contributed by atoms with Crippen LogP contribution in [0.4, 0.5) is 5.69 Å². The average molecular weight is 402 g/mol. The number of benzene rings is 2. The molecule has 0 saturated carbocycles. The number of carbonyl (C=O) groups excluding carboxylic acids is 2. The summed E-state index contributed by atoms with van der Waals surface area (Å²) in [6, 6.07) is 16.6. The highest BCUT2D eigenvalue weighted by atomic mass is 35.5. The van der Waals surface area contributed by atoms with Crippen LogP contribution in [0.15, 0.2) is 71.7 Å². The van der Waals surface area contributed by atoms with Gasteiger partial charge in [-0.25, -0.2) is 0 Å². The van der Waals surface area contributed by atoms with E-state index in [-0.39, 0.29) is 17.6 Å². The molecule has 0 radical (unpaired) electrons. The lowest BCUT2D eigenvalue weighted by Gasteiger charge is -2.08. The lowest BCUT2D eigenvalue weighted by Crippen LogP contribution is -2.15. The van der Waals surface area contributed by atoms with Gasteiger partial charge in [0.05, 0.1) is 17.3 Å². The number of hydrogen-bond donors (Lipinski definition) is 1. The summed E-state index contributed by atoms with van der Waals surface area (Å²) in [5.74, 6) is -0.601. The minimum absolute atomic E-state index is 0.0624. The maximum atomic E-state index is 12.6. The van der Waals surface area contributed by atoms with Crippen molar-refractivity contribution < 1.29 is 14.3 Å². The van der Waals surface area contributed by atoms with Gasteiger partial charge in [0, 0.05) is 10.7 Å². The fourth-order valence-corrected chi connectivity index (χ4v) is 2.90. The van der Waals surface area contributed by atoms with Crippen molar-refractivity contribution in [2.75, 3.05) is 17.7 Å². The molecular formula is C21H20ClNO3S. The summed E-state index contributed by atoms with van der Waals surface area (Å²) in [6.45, 7) is 2.05. The Labute approximate surface area is 168 Å². The Morgan fingerprint density at radius 3 is 2.48 bits per heavy atom. The number of thioether (sulfide) groups is 1. The molecule has 2 aromatic rings. The van der Waals surface area contributed by atoms with Crippen molar-refractivity contribution in [2.45, 2.75) is 6.92 Å². The van der Waals surface area contributed by atoms with Gasteiger partial charge in [0.25, 0.3) is 5.91 Å². The van der Waals surface area contributed by atoms with E-state index in [1.807, 2.05) is 36.4 Å². The van der Waals surface area contributed by atoms with E-state index >= 15 is 0 Å². The molecular weight excluding hydrogens is 382 g/mol. The van der Waals surface area contributed by atoms with Crippen molar-refractivity contribution in [3.8, 4) is 0 Å². The highest BCUT2D eigenvalue weighted by molar-refractivity contribution is 8.04. The van der Waals surface area contributed by atoms with Crippen LogP contribution in [0.25, 0.3) is 6.08 Å². The first-order valence-electron chi connectivity index (χ1n) is 8.37. The second-order valence-electron chi connectivity index (χ2n) is 5.36. The van der Waals surface area contributed by atoms with Gasteiger partial charge in [-0.15, -0.1) is 11.8 Å². The van der Waals surface area contributed by atoms with E-state index in [4.69, 9.17) is 16.3 Å². The predicted molar refractivity (Wildman–Crippen MR) is 113 cm³/mol. The zero-order valence-electron chi connectivity index (χ0n) is 14.9. The molecule has 27 heavy (non-hydrogen) atoms. The molecule has 140 valence electrons. The van der Waals surface area contributed by atoms with Gasteiger partial charge in [0.1, 0.15) is 0 Å². The monoisotopic (exact) mass is 401 g/mol. The molecule has 0 aromatic heterocycles. The Kier molecular flexibility index (Phi) is 8.68. The molecule has 0 atom stereocenters. The van der Waals surface area contributed by atoms with E-state index in [1.165, 1.54) is 0 Å².